The van der Waals surface area contributed by atoms with Gasteiger partial charge >= 0.3 is 21.4 Å². The average molecular weight is 1090 g/mol. The smallest absolute Gasteiger partial charge is 0.409 e. The molecule has 2 amide bonds. The third-order valence-corrected chi connectivity index (χ3v) is 20.2. The van der Waals surface area contributed by atoms with Crippen LogP contribution in [0.1, 0.15) is 72.6 Å². The van der Waals surface area contributed by atoms with Gasteiger partial charge in [-0.3, -0.25) is 23.3 Å². The van der Waals surface area contributed by atoms with Crippen molar-refractivity contribution in [2.45, 2.75) is 109 Å². The van der Waals surface area contributed by atoms with Crippen LogP contribution < -0.4 is 5.32 Å². The first-order chi connectivity index (χ1) is 34.3. The Labute approximate surface area is 428 Å². The number of rotatable bonds is 32. The standard InChI is InChI=1S/C45H89N8O16P3/c1-10-11-12-14-40(55)15-13-16-44(56)50-27-37(2)67-41(30-50)33-64-70(58,36-46-5)52-28-38(3)68-42(31-52)34-66-72(60,48(8)9)53-29-39(4)69-43(32-53)35-65-71(59,47(6)7)51-19-17-49(18-20-51)45(57)63-26-25-62-24-23-61-22-21-54/h37-39,41-43,46,54H,10-36H2,1-9H3. The van der Waals surface area contributed by atoms with Crippen LogP contribution in [0.5, 0.6) is 0 Å². The number of carbonyl (C=O) groups excluding carboxylic acids is 3. The Morgan fingerprint density at radius 2 is 1.12 bits per heavy atom. The maximum Gasteiger partial charge on any atom is 0.409 e. The molecule has 9 unspecified atom stereocenters. The van der Waals surface area contributed by atoms with Crippen molar-refractivity contribution in [1.82, 2.24) is 38.5 Å². The van der Waals surface area contributed by atoms with E-state index in [1.54, 1.807) is 68.4 Å². The molecule has 420 valence electrons. The molecule has 4 rings (SSSR count). The molecular formula is C45H89N8O16P3. The highest BCUT2D eigenvalue weighted by Crippen LogP contribution is 2.56. The Balaban J connectivity index is 1.30. The zero-order valence-electron chi connectivity index (χ0n) is 44.6. The summed E-state index contributed by atoms with van der Waals surface area (Å²) in [5, 5.41) is 11.8. The minimum absolute atomic E-state index is 0.00834. The van der Waals surface area contributed by atoms with Crippen molar-refractivity contribution in [2.24, 2.45) is 0 Å². The lowest BCUT2D eigenvalue weighted by molar-refractivity contribution is -0.146. The summed E-state index contributed by atoms with van der Waals surface area (Å²) < 4.78 is 106. The summed E-state index contributed by atoms with van der Waals surface area (Å²) in [7, 11) is -2.44. The predicted octanol–water partition coefficient (Wildman–Crippen LogP) is 3.64. The van der Waals surface area contributed by atoms with Gasteiger partial charge in [-0.05, 0) is 68.9 Å². The zero-order valence-corrected chi connectivity index (χ0v) is 47.3. The second kappa shape index (κ2) is 31.7. The van der Waals surface area contributed by atoms with Gasteiger partial charge in [-0.1, -0.05) is 19.8 Å². The van der Waals surface area contributed by atoms with Crippen LogP contribution in [0.4, 0.5) is 4.79 Å². The summed E-state index contributed by atoms with van der Waals surface area (Å²) in [6.07, 6.45) is 1.48. The third-order valence-electron chi connectivity index (χ3n) is 12.6. The Morgan fingerprint density at radius 1 is 0.611 bits per heavy atom. The number of nitrogens with zero attached hydrogens (tertiary/aromatic N) is 7. The van der Waals surface area contributed by atoms with E-state index in [1.807, 2.05) is 20.8 Å². The number of Topliss-reactive ketones (excluding diaryl/α,β-unsaturated/α-hetero) is 1. The molecule has 0 spiro atoms. The van der Waals surface area contributed by atoms with Gasteiger partial charge in [0, 0.05) is 84.7 Å². The van der Waals surface area contributed by atoms with Crippen molar-refractivity contribution in [3.05, 3.63) is 0 Å². The van der Waals surface area contributed by atoms with Crippen LogP contribution in [0, 0.1) is 0 Å². The van der Waals surface area contributed by atoms with Crippen LogP contribution in [0.25, 0.3) is 0 Å². The van der Waals surface area contributed by atoms with E-state index in [9.17, 15) is 28.1 Å². The number of aliphatic hydroxyl groups excluding tert-OH is 1. The first-order valence-electron chi connectivity index (χ1n) is 25.7. The topological polar surface area (TPSA) is 240 Å². The monoisotopic (exact) mass is 1090 g/mol. The molecule has 4 fully saturated rings. The summed E-state index contributed by atoms with van der Waals surface area (Å²) in [5.41, 5.74) is 0. The molecule has 2 N–H and O–H groups in total. The second-order valence-electron chi connectivity index (χ2n) is 19.3. The molecule has 9 atom stereocenters. The van der Waals surface area contributed by atoms with Gasteiger partial charge in [0.2, 0.25) is 5.91 Å². The number of ketones is 1. The van der Waals surface area contributed by atoms with E-state index in [0.29, 0.717) is 45.6 Å². The largest absolute Gasteiger partial charge is 0.447 e. The first-order valence-corrected chi connectivity index (χ1v) is 30.5. The third kappa shape index (κ3) is 19.8. The molecule has 4 saturated heterocycles. The molecule has 24 nitrogen and oxygen atoms in total. The van der Waals surface area contributed by atoms with E-state index in [4.69, 9.17) is 47.1 Å². The highest BCUT2D eigenvalue weighted by atomic mass is 31.2. The number of morpholine rings is 3. The van der Waals surface area contributed by atoms with Crippen molar-refractivity contribution in [3.63, 3.8) is 0 Å². The molecule has 0 radical (unpaired) electrons. The average Bonchev–Trinajstić information content (AvgIpc) is 3.34. The maximum atomic E-state index is 15.0. The number of hydrogen-bond donors (Lipinski definition) is 2. The number of amides is 2. The number of hydrogen-bond acceptors (Lipinski definition) is 17. The normalized spacial score (nSPS) is 26.6. The van der Waals surface area contributed by atoms with Crippen LogP contribution in [-0.2, 0) is 65.3 Å². The van der Waals surface area contributed by atoms with Crippen LogP contribution >= 0.6 is 22.9 Å². The number of aliphatic hydroxyl groups is 1. The number of ether oxygens (including phenoxy) is 6. The molecular weight excluding hydrogens is 1000 g/mol. The van der Waals surface area contributed by atoms with Gasteiger partial charge in [-0.15, -0.1) is 0 Å². The van der Waals surface area contributed by atoms with Crippen LogP contribution in [-0.4, -0.2) is 259 Å². The maximum absolute atomic E-state index is 15.0. The van der Waals surface area contributed by atoms with E-state index in [1.165, 1.54) is 0 Å². The van der Waals surface area contributed by atoms with Crippen molar-refractivity contribution in [1.29, 1.82) is 0 Å². The van der Waals surface area contributed by atoms with Crippen molar-refractivity contribution in [2.75, 3.05) is 166 Å². The molecule has 4 aliphatic rings. The van der Waals surface area contributed by atoms with Gasteiger partial charge < -0.3 is 62.2 Å². The van der Waals surface area contributed by atoms with E-state index in [0.717, 1.165) is 19.3 Å². The van der Waals surface area contributed by atoms with E-state index in [-0.39, 0.29) is 141 Å². The number of nitrogens with one attached hydrogen (secondary N) is 1. The van der Waals surface area contributed by atoms with Crippen molar-refractivity contribution < 1.29 is 75.2 Å². The highest BCUT2D eigenvalue weighted by molar-refractivity contribution is 7.56. The molecule has 27 heteroatoms. The van der Waals surface area contributed by atoms with E-state index >= 15 is 0 Å². The molecule has 4 aliphatic heterocycles. The van der Waals surface area contributed by atoms with Crippen LogP contribution in [0.3, 0.4) is 0 Å². The van der Waals surface area contributed by atoms with Gasteiger partial charge in [0.05, 0.1) is 95.8 Å². The lowest BCUT2D eigenvalue weighted by Crippen LogP contribution is -2.51. The summed E-state index contributed by atoms with van der Waals surface area (Å²) in [5.74, 6) is 0.155. The predicted molar refractivity (Wildman–Crippen MR) is 271 cm³/mol. The second-order valence-corrected chi connectivity index (χ2v) is 26.9. The number of piperazine rings is 1. The fourth-order valence-electron chi connectivity index (χ4n) is 9.00. The van der Waals surface area contributed by atoms with Crippen molar-refractivity contribution >= 4 is 40.6 Å². The molecule has 0 aromatic heterocycles. The lowest BCUT2D eigenvalue weighted by Gasteiger charge is -2.44. The van der Waals surface area contributed by atoms with Crippen molar-refractivity contribution in [3.8, 4) is 0 Å². The minimum atomic E-state index is -3.72. The molecule has 0 aliphatic carbocycles. The highest BCUT2D eigenvalue weighted by Gasteiger charge is 2.45. The molecule has 0 saturated carbocycles. The van der Waals surface area contributed by atoms with E-state index < -0.39 is 47.3 Å². The van der Waals surface area contributed by atoms with Gasteiger partial charge in [0.15, 0.2) is 0 Å². The van der Waals surface area contributed by atoms with Crippen LogP contribution in [0.2, 0.25) is 0 Å². The number of unbranched alkanes of at least 4 members (excludes halogenated alkanes) is 2. The molecule has 0 aromatic rings. The summed E-state index contributed by atoms with van der Waals surface area (Å²) in [6, 6.07) is 0. The van der Waals surface area contributed by atoms with E-state index in [2.05, 4.69) is 12.2 Å². The molecule has 0 bridgehead atoms. The first kappa shape index (κ1) is 63.0. The quantitative estimate of drug-likeness (QED) is 0.0722. The summed E-state index contributed by atoms with van der Waals surface area (Å²) in [6.45, 7) is 11.4. The summed E-state index contributed by atoms with van der Waals surface area (Å²) >= 11 is 0. The van der Waals surface area contributed by atoms with Gasteiger partial charge in [0.1, 0.15) is 12.4 Å². The minimum Gasteiger partial charge on any atom is -0.447 e. The summed E-state index contributed by atoms with van der Waals surface area (Å²) in [4.78, 5) is 41.5. The molecule has 0 aromatic carbocycles. The molecule has 72 heavy (non-hydrogen) atoms. The lowest BCUT2D eigenvalue weighted by atomic mass is 10.1. The van der Waals surface area contributed by atoms with Gasteiger partial charge in [0.25, 0.3) is 7.52 Å². The fraction of sp³-hybridized carbons (Fsp3) is 0.933. The Kier molecular flexibility index (Phi) is 27.7. The SMILES string of the molecule is CCCCCC(=O)CCCC(=O)N1CC(C)OC(COP(=O)(CNC)N2CC(C)OC(COP(=O)(N(C)C)N3CC(C)OC(COP(=O)(N(C)C)N4CCN(C(=O)OCCOCCOCCO)CC4)C3)C2)C1. The Hall–Kier alpha value is -1.50. The van der Waals surface area contributed by atoms with Gasteiger partial charge in [-0.2, -0.15) is 0 Å². The zero-order chi connectivity index (χ0) is 52.9. The Morgan fingerprint density at radius 3 is 1.71 bits per heavy atom. The van der Waals surface area contributed by atoms with Gasteiger partial charge in [-0.25, -0.2) is 28.1 Å². The fourth-order valence-corrected chi connectivity index (χ4v) is 15.2. The molecule has 4 heterocycles. The van der Waals surface area contributed by atoms with Crippen LogP contribution in [0.15, 0.2) is 0 Å². The number of carbonyl (C=O) groups is 3. The Bertz CT molecular complexity index is 1790.